The third-order valence-corrected chi connectivity index (χ3v) is 4.48. The van der Waals surface area contributed by atoms with Gasteiger partial charge in [0.15, 0.2) is 5.82 Å². The van der Waals surface area contributed by atoms with Crippen molar-refractivity contribution in [1.29, 1.82) is 0 Å². The quantitative estimate of drug-likeness (QED) is 0.460. The van der Waals surface area contributed by atoms with Gasteiger partial charge in [-0.25, -0.2) is 9.97 Å². The van der Waals surface area contributed by atoms with Gasteiger partial charge >= 0.3 is 0 Å². The molecule has 0 fully saturated rings. The second kappa shape index (κ2) is 9.11. The van der Waals surface area contributed by atoms with E-state index in [1.54, 1.807) is 19.4 Å². The first-order valence-corrected chi connectivity index (χ1v) is 9.57. The smallest absolute Gasteiger partial charge is 0.270 e. The molecule has 0 unspecified atom stereocenters. The number of carbonyl (C=O) groups excluding carboxylic acids is 1. The molecule has 0 saturated heterocycles. The van der Waals surface area contributed by atoms with Crippen molar-refractivity contribution in [2.45, 2.75) is 0 Å². The number of methoxy groups -OCH3 is 1. The van der Waals surface area contributed by atoms with Gasteiger partial charge in [-0.2, -0.15) is 0 Å². The highest BCUT2D eigenvalue weighted by Crippen LogP contribution is 2.25. The molecule has 2 N–H and O–H groups in total. The number of hydrogen-bond acceptors (Lipinski definition) is 6. The number of carbonyl (C=O) groups is 1. The molecule has 4 aromatic rings. The van der Waals surface area contributed by atoms with Crippen LogP contribution in [0.15, 0.2) is 72.9 Å². The van der Waals surface area contributed by atoms with Crippen LogP contribution in [-0.4, -0.2) is 41.1 Å². The number of hydrogen-bond donors (Lipinski definition) is 2. The van der Waals surface area contributed by atoms with Crippen LogP contribution < -0.4 is 10.6 Å². The lowest BCUT2D eigenvalue weighted by atomic mass is 10.2. The summed E-state index contributed by atoms with van der Waals surface area (Å²) >= 11 is 0. The number of fused-ring (bicyclic) bond motifs is 1. The van der Waals surface area contributed by atoms with E-state index in [2.05, 4.69) is 25.6 Å². The lowest BCUT2D eigenvalue weighted by Gasteiger charge is -2.12. The van der Waals surface area contributed by atoms with Crippen molar-refractivity contribution >= 4 is 28.3 Å². The molecule has 0 saturated carbocycles. The summed E-state index contributed by atoms with van der Waals surface area (Å²) in [4.78, 5) is 26.2. The summed E-state index contributed by atoms with van der Waals surface area (Å²) in [5.74, 6) is 0.690. The molecule has 0 aliphatic carbocycles. The lowest BCUT2D eigenvalue weighted by Crippen LogP contribution is -2.28. The highest BCUT2D eigenvalue weighted by molar-refractivity contribution is 5.95. The summed E-state index contributed by atoms with van der Waals surface area (Å²) in [6.45, 7) is 0.825. The Kier molecular flexibility index (Phi) is 5.91. The van der Waals surface area contributed by atoms with E-state index in [0.717, 1.165) is 22.2 Å². The molecule has 7 nitrogen and oxygen atoms in total. The van der Waals surface area contributed by atoms with Crippen LogP contribution >= 0.6 is 0 Å². The summed E-state index contributed by atoms with van der Waals surface area (Å²) in [7, 11) is 1.59. The maximum absolute atomic E-state index is 12.6. The van der Waals surface area contributed by atoms with E-state index in [-0.39, 0.29) is 11.6 Å². The number of para-hydroxylation sites is 1. The van der Waals surface area contributed by atoms with E-state index >= 15 is 0 Å². The van der Waals surface area contributed by atoms with Gasteiger partial charge in [0.2, 0.25) is 0 Å². The molecule has 0 aliphatic rings. The van der Waals surface area contributed by atoms with Gasteiger partial charge in [-0.3, -0.25) is 9.78 Å². The molecular weight excluding hydrogens is 378 g/mol. The lowest BCUT2D eigenvalue weighted by molar-refractivity contribution is 0.0932. The first-order valence-electron chi connectivity index (χ1n) is 9.57. The summed E-state index contributed by atoms with van der Waals surface area (Å²) in [5, 5.41) is 7.12. The van der Waals surface area contributed by atoms with Crippen LogP contribution in [0.25, 0.3) is 22.3 Å². The standard InChI is InChI=1S/C23H21N5O2/c1-30-14-13-25-23(29)19-15-20(28-22(27-19)17-7-3-2-4-8-17)26-18-11-5-9-16-10-6-12-24-21(16)18/h2-12,15H,13-14H2,1H3,(H,25,29)(H,26,27,28). The monoisotopic (exact) mass is 399 g/mol. The van der Waals surface area contributed by atoms with Crippen molar-refractivity contribution < 1.29 is 9.53 Å². The Morgan fingerprint density at radius 2 is 1.83 bits per heavy atom. The maximum atomic E-state index is 12.6. The maximum Gasteiger partial charge on any atom is 0.270 e. The molecule has 150 valence electrons. The molecule has 2 aromatic carbocycles. The van der Waals surface area contributed by atoms with Crippen molar-refractivity contribution in [1.82, 2.24) is 20.3 Å². The van der Waals surface area contributed by atoms with Gasteiger partial charge in [0, 0.05) is 36.9 Å². The molecular formula is C23H21N5O2. The van der Waals surface area contributed by atoms with Gasteiger partial charge in [-0.05, 0) is 12.1 Å². The fraction of sp³-hybridized carbons (Fsp3) is 0.130. The Labute approximate surface area is 174 Å². The molecule has 4 rings (SSSR count). The molecule has 30 heavy (non-hydrogen) atoms. The average Bonchev–Trinajstić information content (AvgIpc) is 2.80. The van der Waals surface area contributed by atoms with Crippen molar-refractivity contribution in [3.8, 4) is 11.4 Å². The van der Waals surface area contributed by atoms with Crippen LogP contribution in [0.1, 0.15) is 10.5 Å². The van der Waals surface area contributed by atoms with E-state index in [1.165, 1.54) is 0 Å². The van der Waals surface area contributed by atoms with Gasteiger partial charge in [-0.15, -0.1) is 0 Å². The van der Waals surface area contributed by atoms with Crippen molar-refractivity contribution in [3.05, 3.63) is 78.6 Å². The zero-order valence-corrected chi connectivity index (χ0v) is 16.5. The third-order valence-electron chi connectivity index (χ3n) is 4.48. The van der Waals surface area contributed by atoms with E-state index < -0.39 is 0 Å². The number of rotatable bonds is 7. The second-order valence-corrected chi connectivity index (χ2v) is 6.58. The molecule has 0 aliphatic heterocycles. The van der Waals surface area contributed by atoms with E-state index in [1.807, 2.05) is 60.7 Å². The molecule has 0 radical (unpaired) electrons. The fourth-order valence-electron chi connectivity index (χ4n) is 3.04. The molecule has 0 bridgehead atoms. The molecule has 0 atom stereocenters. The summed E-state index contributed by atoms with van der Waals surface area (Å²) < 4.78 is 5.00. The van der Waals surface area contributed by atoms with Crippen LogP contribution in [0.3, 0.4) is 0 Å². The number of benzene rings is 2. The van der Waals surface area contributed by atoms with Crippen LogP contribution in [-0.2, 0) is 4.74 Å². The largest absolute Gasteiger partial charge is 0.383 e. The average molecular weight is 399 g/mol. The van der Waals surface area contributed by atoms with Gasteiger partial charge < -0.3 is 15.4 Å². The number of nitrogens with zero attached hydrogens (tertiary/aromatic N) is 3. The summed E-state index contributed by atoms with van der Waals surface area (Å²) in [6, 6.07) is 21.0. The normalized spacial score (nSPS) is 10.7. The number of pyridine rings is 1. The zero-order chi connectivity index (χ0) is 20.8. The topological polar surface area (TPSA) is 89.0 Å². The molecule has 1 amide bonds. The van der Waals surface area contributed by atoms with E-state index in [4.69, 9.17) is 4.74 Å². The first kappa shape index (κ1) is 19.5. The van der Waals surface area contributed by atoms with Gasteiger partial charge in [0.1, 0.15) is 11.5 Å². The highest BCUT2D eigenvalue weighted by atomic mass is 16.5. The zero-order valence-electron chi connectivity index (χ0n) is 16.5. The minimum absolute atomic E-state index is 0.274. The highest BCUT2D eigenvalue weighted by Gasteiger charge is 2.14. The Bertz CT molecular complexity index is 1160. The summed E-state index contributed by atoms with van der Waals surface area (Å²) in [5.41, 5.74) is 2.72. The van der Waals surface area contributed by atoms with Gasteiger partial charge in [0.05, 0.1) is 17.8 Å². The van der Waals surface area contributed by atoms with E-state index in [9.17, 15) is 4.79 Å². The van der Waals surface area contributed by atoms with Crippen LogP contribution in [0, 0.1) is 0 Å². The third kappa shape index (κ3) is 4.42. The van der Waals surface area contributed by atoms with Crippen LogP contribution in [0.4, 0.5) is 11.5 Å². The molecule has 0 spiro atoms. The molecule has 2 heterocycles. The molecule has 7 heteroatoms. The predicted octanol–water partition coefficient (Wildman–Crippen LogP) is 3.81. The fourth-order valence-corrected chi connectivity index (χ4v) is 3.04. The predicted molar refractivity (Wildman–Crippen MR) is 117 cm³/mol. The summed E-state index contributed by atoms with van der Waals surface area (Å²) in [6.07, 6.45) is 1.75. The van der Waals surface area contributed by atoms with Crippen molar-refractivity contribution in [3.63, 3.8) is 0 Å². The van der Waals surface area contributed by atoms with E-state index in [0.29, 0.717) is 24.8 Å². The Morgan fingerprint density at radius 1 is 1.00 bits per heavy atom. The number of amides is 1. The van der Waals surface area contributed by atoms with Crippen molar-refractivity contribution in [2.75, 3.05) is 25.6 Å². The van der Waals surface area contributed by atoms with Crippen LogP contribution in [0.2, 0.25) is 0 Å². The number of nitrogens with one attached hydrogen (secondary N) is 2. The minimum atomic E-state index is -0.286. The Morgan fingerprint density at radius 3 is 2.67 bits per heavy atom. The Balaban J connectivity index is 1.72. The van der Waals surface area contributed by atoms with Crippen LogP contribution in [0.5, 0.6) is 0 Å². The second-order valence-electron chi connectivity index (χ2n) is 6.58. The number of ether oxygens (including phenoxy) is 1. The molecule has 2 aromatic heterocycles. The minimum Gasteiger partial charge on any atom is -0.383 e. The Hall–Kier alpha value is -3.84. The van der Waals surface area contributed by atoms with Gasteiger partial charge in [-0.1, -0.05) is 48.5 Å². The number of aromatic nitrogens is 3. The number of anilines is 2. The SMILES string of the molecule is COCCNC(=O)c1cc(Nc2cccc3cccnc23)nc(-c2ccccc2)n1. The van der Waals surface area contributed by atoms with Gasteiger partial charge in [0.25, 0.3) is 5.91 Å². The first-order chi connectivity index (χ1) is 14.7. The van der Waals surface area contributed by atoms with Crippen molar-refractivity contribution in [2.24, 2.45) is 0 Å².